The van der Waals surface area contributed by atoms with E-state index < -0.39 is 6.10 Å². The summed E-state index contributed by atoms with van der Waals surface area (Å²) in [4.78, 5) is 0. The van der Waals surface area contributed by atoms with Gasteiger partial charge in [-0.15, -0.1) is 0 Å². The molecule has 0 bridgehead atoms. The molecule has 19 heavy (non-hydrogen) atoms. The normalized spacial score (nSPS) is 12.2. The van der Waals surface area contributed by atoms with Crippen molar-refractivity contribution in [1.29, 1.82) is 0 Å². The first kappa shape index (κ1) is 14.1. The van der Waals surface area contributed by atoms with E-state index in [1.165, 1.54) is 5.56 Å². The van der Waals surface area contributed by atoms with Crippen LogP contribution in [0.25, 0.3) is 0 Å². The first-order valence-corrected chi connectivity index (χ1v) is 6.96. The Balaban J connectivity index is 2.13. The van der Waals surface area contributed by atoms with Gasteiger partial charge in [0.2, 0.25) is 0 Å². The SMILES string of the molecule is COc1ccc(CC(O)c2ccc(C)cc2Br)cc1. The maximum absolute atomic E-state index is 10.3. The molecule has 3 heteroatoms. The molecule has 0 saturated heterocycles. The maximum Gasteiger partial charge on any atom is 0.118 e. The van der Waals surface area contributed by atoms with E-state index in [2.05, 4.69) is 15.9 Å². The predicted molar refractivity (Wildman–Crippen MR) is 80.5 cm³/mol. The van der Waals surface area contributed by atoms with Crippen molar-refractivity contribution in [2.24, 2.45) is 0 Å². The second-order valence-corrected chi connectivity index (χ2v) is 5.45. The summed E-state index contributed by atoms with van der Waals surface area (Å²) in [7, 11) is 1.65. The molecule has 0 heterocycles. The standard InChI is InChI=1S/C16H17BrO2/c1-11-3-8-14(15(17)9-11)16(18)10-12-4-6-13(19-2)7-5-12/h3-9,16,18H,10H2,1-2H3. The van der Waals surface area contributed by atoms with Crippen LogP contribution in [-0.4, -0.2) is 12.2 Å². The van der Waals surface area contributed by atoms with Gasteiger partial charge in [-0.1, -0.05) is 40.2 Å². The quantitative estimate of drug-likeness (QED) is 0.921. The van der Waals surface area contributed by atoms with Gasteiger partial charge < -0.3 is 9.84 Å². The van der Waals surface area contributed by atoms with Crippen molar-refractivity contribution in [3.05, 3.63) is 63.6 Å². The molecule has 0 saturated carbocycles. The zero-order chi connectivity index (χ0) is 13.8. The second kappa shape index (κ2) is 6.22. The summed E-state index contributed by atoms with van der Waals surface area (Å²) in [6.45, 7) is 2.03. The number of rotatable bonds is 4. The smallest absolute Gasteiger partial charge is 0.118 e. The van der Waals surface area contributed by atoms with Crippen molar-refractivity contribution in [2.75, 3.05) is 7.11 Å². The fourth-order valence-electron chi connectivity index (χ4n) is 2.00. The van der Waals surface area contributed by atoms with Crippen molar-refractivity contribution in [3.8, 4) is 5.75 Å². The number of ether oxygens (including phenoxy) is 1. The van der Waals surface area contributed by atoms with Gasteiger partial charge in [0.25, 0.3) is 0 Å². The lowest BCUT2D eigenvalue weighted by Crippen LogP contribution is -2.03. The summed E-state index contributed by atoms with van der Waals surface area (Å²) in [5.74, 6) is 0.828. The van der Waals surface area contributed by atoms with E-state index >= 15 is 0 Å². The minimum absolute atomic E-state index is 0.511. The third-order valence-corrected chi connectivity index (χ3v) is 3.79. The lowest BCUT2D eigenvalue weighted by atomic mass is 10.0. The van der Waals surface area contributed by atoms with Crippen molar-refractivity contribution in [3.63, 3.8) is 0 Å². The van der Waals surface area contributed by atoms with Gasteiger partial charge in [-0.2, -0.15) is 0 Å². The zero-order valence-corrected chi connectivity index (χ0v) is 12.6. The number of aryl methyl sites for hydroxylation is 1. The van der Waals surface area contributed by atoms with Gasteiger partial charge in [0.1, 0.15) is 5.75 Å². The first-order valence-electron chi connectivity index (χ1n) is 6.17. The number of hydrogen-bond acceptors (Lipinski definition) is 2. The minimum atomic E-state index is -0.511. The van der Waals surface area contributed by atoms with Crippen LogP contribution >= 0.6 is 15.9 Å². The average molecular weight is 321 g/mol. The van der Waals surface area contributed by atoms with E-state index in [-0.39, 0.29) is 0 Å². The van der Waals surface area contributed by atoms with E-state index in [0.29, 0.717) is 6.42 Å². The molecule has 0 aromatic heterocycles. The van der Waals surface area contributed by atoms with Gasteiger partial charge in [0.15, 0.2) is 0 Å². The van der Waals surface area contributed by atoms with Crippen LogP contribution in [0, 0.1) is 6.92 Å². The Bertz CT molecular complexity index is 549. The Hall–Kier alpha value is -1.32. The monoisotopic (exact) mass is 320 g/mol. The van der Waals surface area contributed by atoms with E-state index in [4.69, 9.17) is 4.74 Å². The van der Waals surface area contributed by atoms with Crippen LogP contribution in [0.1, 0.15) is 22.8 Å². The molecule has 0 aliphatic heterocycles. The van der Waals surface area contributed by atoms with Crippen LogP contribution in [-0.2, 0) is 6.42 Å². The molecule has 0 aliphatic rings. The van der Waals surface area contributed by atoms with Crippen LogP contribution in [0.4, 0.5) is 0 Å². The molecule has 0 amide bonds. The van der Waals surface area contributed by atoms with Crippen LogP contribution in [0.3, 0.4) is 0 Å². The Kier molecular flexibility index (Phi) is 4.61. The van der Waals surface area contributed by atoms with E-state index in [9.17, 15) is 5.11 Å². The van der Waals surface area contributed by atoms with Crippen LogP contribution < -0.4 is 4.74 Å². The predicted octanol–water partition coefficient (Wildman–Crippen LogP) is 4.04. The van der Waals surface area contributed by atoms with Crippen LogP contribution in [0.2, 0.25) is 0 Å². The van der Waals surface area contributed by atoms with Crippen molar-refractivity contribution < 1.29 is 9.84 Å². The zero-order valence-electron chi connectivity index (χ0n) is 11.1. The van der Waals surface area contributed by atoms with Gasteiger partial charge in [0, 0.05) is 10.9 Å². The molecular formula is C16H17BrO2. The molecule has 2 aromatic carbocycles. The number of hydrogen-bond donors (Lipinski definition) is 1. The van der Waals surface area contributed by atoms with Crippen LogP contribution in [0.5, 0.6) is 5.75 Å². The Morgan fingerprint density at radius 1 is 1.16 bits per heavy atom. The fraction of sp³-hybridized carbons (Fsp3) is 0.250. The van der Waals surface area contributed by atoms with E-state index in [0.717, 1.165) is 21.3 Å². The van der Waals surface area contributed by atoms with Gasteiger partial charge >= 0.3 is 0 Å². The van der Waals surface area contributed by atoms with Gasteiger partial charge in [-0.25, -0.2) is 0 Å². The number of aliphatic hydroxyl groups excluding tert-OH is 1. The topological polar surface area (TPSA) is 29.5 Å². The highest BCUT2D eigenvalue weighted by Crippen LogP contribution is 2.27. The van der Waals surface area contributed by atoms with Gasteiger partial charge in [0.05, 0.1) is 13.2 Å². The summed E-state index contributed by atoms with van der Waals surface area (Å²) < 4.78 is 6.07. The van der Waals surface area contributed by atoms with E-state index in [1.807, 2.05) is 49.4 Å². The van der Waals surface area contributed by atoms with Crippen molar-refractivity contribution in [1.82, 2.24) is 0 Å². The van der Waals surface area contributed by atoms with E-state index in [1.54, 1.807) is 7.11 Å². The average Bonchev–Trinajstić information content (AvgIpc) is 2.39. The summed E-state index contributed by atoms with van der Waals surface area (Å²) >= 11 is 3.50. The number of benzene rings is 2. The lowest BCUT2D eigenvalue weighted by Gasteiger charge is -2.14. The molecule has 0 aliphatic carbocycles. The molecule has 2 nitrogen and oxygen atoms in total. The molecule has 1 N–H and O–H groups in total. The molecule has 1 atom stereocenters. The maximum atomic E-state index is 10.3. The van der Waals surface area contributed by atoms with Gasteiger partial charge in [-0.3, -0.25) is 0 Å². The number of halogens is 1. The Labute approximate surface area is 122 Å². The third-order valence-electron chi connectivity index (χ3n) is 3.10. The lowest BCUT2D eigenvalue weighted by molar-refractivity contribution is 0.177. The number of methoxy groups -OCH3 is 1. The van der Waals surface area contributed by atoms with Crippen molar-refractivity contribution in [2.45, 2.75) is 19.4 Å². The minimum Gasteiger partial charge on any atom is -0.497 e. The third kappa shape index (κ3) is 3.58. The summed E-state index contributed by atoms with van der Waals surface area (Å²) in [6.07, 6.45) is 0.0782. The fourth-order valence-corrected chi connectivity index (χ4v) is 2.75. The van der Waals surface area contributed by atoms with Crippen LogP contribution in [0.15, 0.2) is 46.9 Å². The molecule has 0 radical (unpaired) electrons. The second-order valence-electron chi connectivity index (χ2n) is 4.59. The van der Waals surface area contributed by atoms with Gasteiger partial charge in [-0.05, 0) is 41.8 Å². The Morgan fingerprint density at radius 3 is 2.42 bits per heavy atom. The largest absolute Gasteiger partial charge is 0.497 e. The first-order chi connectivity index (χ1) is 9.10. The molecule has 0 spiro atoms. The molecule has 2 rings (SSSR count). The molecule has 100 valence electrons. The summed E-state index contributed by atoms with van der Waals surface area (Å²) in [5, 5.41) is 10.3. The molecule has 1 unspecified atom stereocenters. The summed E-state index contributed by atoms with van der Waals surface area (Å²) in [5.41, 5.74) is 3.18. The number of aliphatic hydroxyl groups is 1. The highest BCUT2D eigenvalue weighted by Gasteiger charge is 2.12. The highest BCUT2D eigenvalue weighted by molar-refractivity contribution is 9.10. The van der Waals surface area contributed by atoms with Crippen molar-refractivity contribution >= 4 is 15.9 Å². The highest BCUT2D eigenvalue weighted by atomic mass is 79.9. The summed E-state index contributed by atoms with van der Waals surface area (Å²) in [6, 6.07) is 13.8. The molecule has 0 fully saturated rings. The molecule has 2 aromatic rings. The molecular weight excluding hydrogens is 304 g/mol. The Morgan fingerprint density at radius 2 is 1.84 bits per heavy atom.